The molecule has 15 heavy (non-hydrogen) atoms. The summed E-state index contributed by atoms with van der Waals surface area (Å²) in [5.74, 6) is 0.500. The Kier molecular flexibility index (Phi) is 3.45. The van der Waals surface area contributed by atoms with Crippen molar-refractivity contribution in [2.45, 2.75) is 57.5 Å². The van der Waals surface area contributed by atoms with Crippen LogP contribution < -0.4 is 0 Å². The van der Waals surface area contributed by atoms with Gasteiger partial charge in [0, 0.05) is 12.5 Å². The van der Waals surface area contributed by atoms with Crippen LogP contribution >= 0.6 is 0 Å². The first-order chi connectivity index (χ1) is 7.32. The second kappa shape index (κ2) is 4.65. The van der Waals surface area contributed by atoms with E-state index in [9.17, 15) is 4.79 Å². The Labute approximate surface area is 92.4 Å². The maximum atomic E-state index is 11.5. The van der Waals surface area contributed by atoms with E-state index in [1.54, 1.807) is 7.11 Å². The molecule has 0 saturated heterocycles. The Balaban J connectivity index is 2.13. The average Bonchev–Trinajstić information content (AvgIpc) is 2.78. The molecule has 2 atom stereocenters. The summed E-state index contributed by atoms with van der Waals surface area (Å²) in [6.45, 7) is 0. The number of carbonyl (C=O) groups is 1. The summed E-state index contributed by atoms with van der Waals surface area (Å²) in [4.78, 5) is 11.5. The maximum Gasteiger partial charge on any atom is 0.126 e. The van der Waals surface area contributed by atoms with Crippen LogP contribution in [0.4, 0.5) is 0 Å². The Morgan fingerprint density at radius 1 is 1.13 bits per heavy atom. The summed E-state index contributed by atoms with van der Waals surface area (Å²) in [5.41, 5.74) is -0.0323. The lowest BCUT2D eigenvalue weighted by molar-refractivity contribution is -0.124. The Bertz CT molecular complexity index is 219. The summed E-state index contributed by atoms with van der Waals surface area (Å²) in [6, 6.07) is 0. The molecule has 2 nitrogen and oxygen atoms in total. The van der Waals surface area contributed by atoms with Gasteiger partial charge in [0.05, 0.1) is 6.10 Å². The van der Waals surface area contributed by atoms with Crippen molar-refractivity contribution in [3.8, 4) is 0 Å². The lowest BCUT2D eigenvalue weighted by atomic mass is 9.65. The third kappa shape index (κ3) is 1.96. The summed E-state index contributed by atoms with van der Waals surface area (Å²) < 4.78 is 5.54. The zero-order valence-corrected chi connectivity index (χ0v) is 9.71. The Morgan fingerprint density at radius 2 is 1.87 bits per heavy atom. The Morgan fingerprint density at radius 3 is 2.47 bits per heavy atom. The molecule has 2 rings (SSSR count). The van der Waals surface area contributed by atoms with Crippen LogP contribution in [0.25, 0.3) is 0 Å². The average molecular weight is 210 g/mol. The van der Waals surface area contributed by atoms with E-state index >= 15 is 0 Å². The SMILES string of the molecule is COC1CCCC1C1(C=O)CCCCC1. The molecule has 2 aliphatic carbocycles. The highest BCUT2D eigenvalue weighted by Gasteiger charge is 2.45. The number of hydrogen-bond donors (Lipinski definition) is 0. The van der Waals surface area contributed by atoms with Gasteiger partial charge in [0.15, 0.2) is 0 Å². The zero-order valence-electron chi connectivity index (χ0n) is 9.71. The summed E-state index contributed by atoms with van der Waals surface area (Å²) >= 11 is 0. The molecule has 0 radical (unpaired) electrons. The van der Waals surface area contributed by atoms with E-state index in [1.165, 1.54) is 38.4 Å². The maximum absolute atomic E-state index is 11.5. The van der Waals surface area contributed by atoms with Gasteiger partial charge >= 0.3 is 0 Å². The van der Waals surface area contributed by atoms with Crippen LogP contribution in [0.1, 0.15) is 51.4 Å². The van der Waals surface area contributed by atoms with Crippen LogP contribution in [0.15, 0.2) is 0 Å². The minimum atomic E-state index is -0.0323. The molecule has 0 amide bonds. The molecule has 0 spiro atoms. The summed E-state index contributed by atoms with van der Waals surface area (Å²) in [6.07, 6.45) is 11.1. The summed E-state index contributed by atoms with van der Waals surface area (Å²) in [7, 11) is 1.80. The number of carbonyl (C=O) groups excluding carboxylic acids is 1. The topological polar surface area (TPSA) is 26.3 Å². The van der Waals surface area contributed by atoms with Gasteiger partial charge in [-0.05, 0) is 31.6 Å². The first-order valence-corrected chi connectivity index (χ1v) is 6.31. The molecule has 0 aromatic heterocycles. The monoisotopic (exact) mass is 210 g/mol. The third-order valence-corrected chi connectivity index (χ3v) is 4.51. The molecular formula is C13H22O2. The second-order valence-corrected chi connectivity index (χ2v) is 5.22. The van der Waals surface area contributed by atoms with Gasteiger partial charge in [-0.15, -0.1) is 0 Å². The molecule has 2 heteroatoms. The highest BCUT2D eigenvalue weighted by Crippen LogP contribution is 2.48. The van der Waals surface area contributed by atoms with Crippen molar-refractivity contribution in [3.63, 3.8) is 0 Å². The second-order valence-electron chi connectivity index (χ2n) is 5.22. The normalized spacial score (nSPS) is 35.3. The lowest BCUT2D eigenvalue weighted by Crippen LogP contribution is -2.39. The highest BCUT2D eigenvalue weighted by atomic mass is 16.5. The van der Waals surface area contributed by atoms with Crippen LogP contribution in [0, 0.1) is 11.3 Å². The van der Waals surface area contributed by atoms with Crippen molar-refractivity contribution in [1.82, 2.24) is 0 Å². The molecule has 2 saturated carbocycles. The van der Waals surface area contributed by atoms with E-state index in [-0.39, 0.29) is 5.41 Å². The first-order valence-electron chi connectivity index (χ1n) is 6.31. The smallest absolute Gasteiger partial charge is 0.126 e. The number of aldehydes is 1. The van der Waals surface area contributed by atoms with Crippen molar-refractivity contribution in [3.05, 3.63) is 0 Å². The standard InChI is InChI=1S/C13H22O2/c1-15-12-7-5-6-11(12)13(10-14)8-3-2-4-9-13/h10-12H,2-9H2,1H3. The molecule has 0 N–H and O–H groups in total. The molecule has 0 heterocycles. The van der Waals surface area contributed by atoms with E-state index in [4.69, 9.17) is 4.74 Å². The number of methoxy groups -OCH3 is 1. The summed E-state index contributed by atoms with van der Waals surface area (Å²) in [5, 5.41) is 0. The van der Waals surface area contributed by atoms with Crippen LogP contribution in [0.5, 0.6) is 0 Å². The molecule has 0 aliphatic heterocycles. The van der Waals surface area contributed by atoms with Crippen molar-refractivity contribution in [2.24, 2.45) is 11.3 Å². The van der Waals surface area contributed by atoms with Crippen molar-refractivity contribution < 1.29 is 9.53 Å². The van der Waals surface area contributed by atoms with Gasteiger partial charge in [-0.3, -0.25) is 0 Å². The van der Waals surface area contributed by atoms with Crippen molar-refractivity contribution >= 4 is 6.29 Å². The molecule has 0 bridgehead atoms. The molecule has 2 fully saturated rings. The fourth-order valence-electron chi connectivity index (χ4n) is 3.65. The predicted molar refractivity (Wildman–Crippen MR) is 59.7 cm³/mol. The molecular weight excluding hydrogens is 188 g/mol. The van der Waals surface area contributed by atoms with E-state index in [2.05, 4.69) is 0 Å². The van der Waals surface area contributed by atoms with Crippen LogP contribution in [0.2, 0.25) is 0 Å². The van der Waals surface area contributed by atoms with E-state index < -0.39 is 0 Å². The molecule has 2 aliphatic rings. The third-order valence-electron chi connectivity index (χ3n) is 4.51. The van der Waals surface area contributed by atoms with Crippen LogP contribution in [-0.2, 0) is 9.53 Å². The predicted octanol–water partition coefficient (Wildman–Crippen LogP) is 2.95. The molecule has 0 aromatic rings. The minimum absolute atomic E-state index is 0.0323. The minimum Gasteiger partial charge on any atom is -0.381 e. The quantitative estimate of drug-likeness (QED) is 0.669. The van der Waals surface area contributed by atoms with Gasteiger partial charge in [0.25, 0.3) is 0 Å². The fourth-order valence-corrected chi connectivity index (χ4v) is 3.65. The number of ether oxygens (including phenoxy) is 1. The first kappa shape index (κ1) is 11.1. The van der Waals surface area contributed by atoms with Gasteiger partial charge in [-0.2, -0.15) is 0 Å². The van der Waals surface area contributed by atoms with Gasteiger partial charge in [-0.1, -0.05) is 25.7 Å². The van der Waals surface area contributed by atoms with E-state index in [0.29, 0.717) is 12.0 Å². The van der Waals surface area contributed by atoms with Gasteiger partial charge in [0.1, 0.15) is 6.29 Å². The van der Waals surface area contributed by atoms with E-state index in [0.717, 1.165) is 19.3 Å². The highest BCUT2D eigenvalue weighted by molar-refractivity contribution is 5.60. The fraction of sp³-hybridized carbons (Fsp3) is 0.923. The van der Waals surface area contributed by atoms with Crippen molar-refractivity contribution in [2.75, 3.05) is 7.11 Å². The lowest BCUT2D eigenvalue weighted by Gasteiger charge is -2.39. The van der Waals surface area contributed by atoms with Crippen LogP contribution in [0.3, 0.4) is 0 Å². The Hall–Kier alpha value is -0.370. The number of hydrogen-bond acceptors (Lipinski definition) is 2. The number of rotatable bonds is 3. The zero-order chi connectivity index (χ0) is 10.7. The van der Waals surface area contributed by atoms with Gasteiger partial charge < -0.3 is 9.53 Å². The van der Waals surface area contributed by atoms with E-state index in [1.807, 2.05) is 0 Å². The molecule has 0 aromatic carbocycles. The van der Waals surface area contributed by atoms with Gasteiger partial charge in [0.2, 0.25) is 0 Å². The largest absolute Gasteiger partial charge is 0.381 e. The molecule has 2 unspecified atom stereocenters. The molecule has 86 valence electrons. The van der Waals surface area contributed by atoms with Gasteiger partial charge in [-0.25, -0.2) is 0 Å². The van der Waals surface area contributed by atoms with Crippen LogP contribution in [-0.4, -0.2) is 19.5 Å². The van der Waals surface area contributed by atoms with Crippen molar-refractivity contribution in [1.29, 1.82) is 0 Å².